The molecule has 0 spiro atoms. The summed E-state index contributed by atoms with van der Waals surface area (Å²) in [5.41, 5.74) is 0. The summed E-state index contributed by atoms with van der Waals surface area (Å²) in [6.45, 7) is 0.796. The van der Waals surface area contributed by atoms with Gasteiger partial charge >= 0.3 is 24.1 Å². The number of anilines is 1. The predicted molar refractivity (Wildman–Crippen MR) is 107 cm³/mol. The summed E-state index contributed by atoms with van der Waals surface area (Å²) in [6.07, 6.45) is 2.30. The van der Waals surface area contributed by atoms with Gasteiger partial charge in [-0.15, -0.1) is 0 Å². The number of aliphatic carboxylic acids is 2. The quantitative estimate of drug-likeness (QED) is 0.505. The molecule has 184 valence electrons. The van der Waals surface area contributed by atoms with Crippen LogP contribution in [0.1, 0.15) is 38.5 Å². The number of carbonyl (C=O) groups excluding carboxylic acids is 2. The maximum Gasteiger partial charge on any atom is 0.490 e. The van der Waals surface area contributed by atoms with Crippen molar-refractivity contribution in [3.05, 3.63) is 12.3 Å². The SMILES string of the molecule is O=C(O)C(F)(F)F.O=C(O)Cn1ccc(NC(=O)C2CCCN(C(=O)NC3CCCC3)C2)n1. The molecule has 4 N–H and O–H groups in total. The molecule has 1 saturated heterocycles. The Morgan fingerprint density at radius 2 is 1.73 bits per heavy atom. The van der Waals surface area contributed by atoms with Gasteiger partial charge in [-0.25, -0.2) is 9.59 Å². The lowest BCUT2D eigenvalue weighted by atomic mass is 9.97. The highest BCUT2D eigenvalue weighted by molar-refractivity contribution is 5.92. The van der Waals surface area contributed by atoms with Crippen molar-refractivity contribution in [3.63, 3.8) is 0 Å². The van der Waals surface area contributed by atoms with Crippen molar-refractivity contribution in [2.75, 3.05) is 18.4 Å². The third kappa shape index (κ3) is 8.61. The lowest BCUT2D eigenvalue weighted by molar-refractivity contribution is -0.192. The van der Waals surface area contributed by atoms with Crippen molar-refractivity contribution < 1.29 is 42.6 Å². The van der Waals surface area contributed by atoms with E-state index in [4.69, 9.17) is 15.0 Å². The molecular formula is C19H26F3N5O6. The van der Waals surface area contributed by atoms with Crippen molar-refractivity contribution >= 4 is 29.7 Å². The second-order valence-corrected chi connectivity index (χ2v) is 7.80. The fourth-order valence-corrected chi connectivity index (χ4v) is 3.59. The number of carboxylic acid groups (broad SMARTS) is 2. The smallest absolute Gasteiger partial charge is 0.480 e. The fraction of sp³-hybridized carbons (Fsp3) is 0.632. The van der Waals surface area contributed by atoms with E-state index in [1.54, 1.807) is 11.0 Å². The van der Waals surface area contributed by atoms with Crippen molar-refractivity contribution in [1.29, 1.82) is 0 Å². The molecule has 2 fully saturated rings. The van der Waals surface area contributed by atoms with Gasteiger partial charge in [0.2, 0.25) is 5.91 Å². The summed E-state index contributed by atoms with van der Waals surface area (Å²) in [7, 11) is 0. The Bertz CT molecular complexity index is 853. The third-order valence-corrected chi connectivity index (χ3v) is 5.19. The van der Waals surface area contributed by atoms with E-state index in [-0.39, 0.29) is 30.4 Å². The summed E-state index contributed by atoms with van der Waals surface area (Å²) < 4.78 is 33.0. The molecule has 0 bridgehead atoms. The standard InChI is InChI=1S/C17H25N5O4.C2HF3O2/c23-15(24)11-22-9-7-14(20-22)19-16(25)12-4-3-8-21(10-12)17(26)18-13-5-1-2-6-13;3-2(4,5)1(6)7/h7,9,12-13H,1-6,8,10-11H2,(H,18,26)(H,23,24)(H,19,20,25);(H,6,7). The number of amides is 3. The molecule has 1 aromatic heterocycles. The van der Waals surface area contributed by atoms with Crippen molar-refractivity contribution in [2.24, 2.45) is 5.92 Å². The molecule has 1 atom stereocenters. The molecule has 1 unspecified atom stereocenters. The minimum atomic E-state index is -5.08. The second-order valence-electron chi connectivity index (χ2n) is 7.80. The Balaban J connectivity index is 0.000000479. The highest BCUT2D eigenvalue weighted by Gasteiger charge is 2.38. The van der Waals surface area contributed by atoms with E-state index >= 15 is 0 Å². The molecule has 14 heteroatoms. The number of likely N-dealkylation sites (tertiary alicyclic amines) is 1. The second kappa shape index (κ2) is 11.5. The highest BCUT2D eigenvalue weighted by atomic mass is 19.4. The molecule has 0 aromatic carbocycles. The van der Waals surface area contributed by atoms with E-state index in [0.717, 1.165) is 38.5 Å². The highest BCUT2D eigenvalue weighted by Crippen LogP contribution is 2.21. The molecule has 1 saturated carbocycles. The molecule has 11 nitrogen and oxygen atoms in total. The van der Waals surface area contributed by atoms with Gasteiger partial charge in [-0.1, -0.05) is 12.8 Å². The van der Waals surface area contributed by atoms with Crippen LogP contribution in [0.5, 0.6) is 0 Å². The number of nitrogens with zero attached hydrogens (tertiary/aromatic N) is 3. The number of hydrogen-bond acceptors (Lipinski definition) is 5. The van der Waals surface area contributed by atoms with Crippen molar-refractivity contribution in [2.45, 2.75) is 57.3 Å². The molecule has 1 aliphatic carbocycles. The van der Waals surface area contributed by atoms with Crippen LogP contribution in [-0.2, 0) is 20.9 Å². The Kier molecular flexibility index (Phi) is 9.05. The van der Waals surface area contributed by atoms with Gasteiger partial charge in [-0.3, -0.25) is 14.3 Å². The number of piperidine rings is 1. The number of halogens is 3. The Morgan fingerprint density at radius 1 is 1.09 bits per heavy atom. The first-order valence-electron chi connectivity index (χ1n) is 10.4. The molecule has 3 rings (SSSR count). The minimum absolute atomic E-state index is 0.0832. The number of hydrogen-bond donors (Lipinski definition) is 4. The van der Waals surface area contributed by atoms with E-state index < -0.39 is 18.1 Å². The molecule has 2 heterocycles. The topological polar surface area (TPSA) is 154 Å². The largest absolute Gasteiger partial charge is 0.490 e. The molecule has 33 heavy (non-hydrogen) atoms. The number of urea groups is 1. The van der Waals surface area contributed by atoms with Crippen LogP contribution in [0.4, 0.5) is 23.8 Å². The number of carboxylic acids is 2. The maximum absolute atomic E-state index is 12.5. The van der Waals surface area contributed by atoms with E-state index in [2.05, 4.69) is 15.7 Å². The number of aromatic nitrogens is 2. The Labute approximate surface area is 186 Å². The molecular weight excluding hydrogens is 451 g/mol. The average Bonchev–Trinajstić information content (AvgIpc) is 3.39. The molecule has 1 aliphatic heterocycles. The van der Waals surface area contributed by atoms with Crippen LogP contribution in [0.2, 0.25) is 0 Å². The summed E-state index contributed by atoms with van der Waals surface area (Å²) in [5, 5.41) is 25.7. The molecule has 0 radical (unpaired) electrons. The lowest BCUT2D eigenvalue weighted by Crippen LogP contribution is -2.49. The van der Waals surface area contributed by atoms with Gasteiger partial charge in [0, 0.05) is 31.4 Å². The summed E-state index contributed by atoms with van der Waals surface area (Å²) >= 11 is 0. The van der Waals surface area contributed by atoms with Crippen LogP contribution in [0.3, 0.4) is 0 Å². The molecule has 2 aliphatic rings. The first kappa shape index (κ1) is 25.9. The number of carbonyl (C=O) groups is 4. The van der Waals surface area contributed by atoms with Gasteiger partial charge in [0.25, 0.3) is 0 Å². The van der Waals surface area contributed by atoms with Gasteiger partial charge in [0.15, 0.2) is 5.82 Å². The van der Waals surface area contributed by atoms with E-state index in [1.807, 2.05) is 0 Å². The van der Waals surface area contributed by atoms with Crippen molar-refractivity contribution in [3.8, 4) is 0 Å². The first-order valence-corrected chi connectivity index (χ1v) is 10.4. The van der Waals surface area contributed by atoms with Gasteiger partial charge in [-0.2, -0.15) is 18.3 Å². The Hall–Kier alpha value is -3.32. The molecule has 3 amide bonds. The van der Waals surface area contributed by atoms with Gasteiger partial charge in [0.05, 0.1) is 5.92 Å². The van der Waals surface area contributed by atoms with E-state index in [1.165, 1.54) is 10.9 Å². The molecule has 1 aromatic rings. The van der Waals surface area contributed by atoms with Gasteiger partial charge < -0.3 is 25.7 Å². The number of alkyl halides is 3. The van der Waals surface area contributed by atoms with Crippen LogP contribution >= 0.6 is 0 Å². The fourth-order valence-electron chi connectivity index (χ4n) is 3.59. The van der Waals surface area contributed by atoms with Crippen LogP contribution in [0.25, 0.3) is 0 Å². The van der Waals surface area contributed by atoms with E-state index in [9.17, 15) is 27.6 Å². The van der Waals surface area contributed by atoms with Gasteiger partial charge in [0.1, 0.15) is 6.54 Å². The number of rotatable bonds is 5. The maximum atomic E-state index is 12.5. The average molecular weight is 477 g/mol. The van der Waals surface area contributed by atoms with E-state index in [0.29, 0.717) is 18.9 Å². The van der Waals surface area contributed by atoms with Crippen LogP contribution < -0.4 is 10.6 Å². The van der Waals surface area contributed by atoms with Crippen LogP contribution in [0, 0.1) is 5.92 Å². The monoisotopic (exact) mass is 477 g/mol. The minimum Gasteiger partial charge on any atom is -0.480 e. The summed E-state index contributed by atoms with van der Waals surface area (Å²) in [5.74, 6) is -3.91. The number of nitrogens with one attached hydrogen (secondary N) is 2. The zero-order chi connectivity index (χ0) is 24.6. The Morgan fingerprint density at radius 3 is 2.30 bits per heavy atom. The summed E-state index contributed by atoms with van der Waals surface area (Å²) in [6, 6.07) is 1.74. The lowest BCUT2D eigenvalue weighted by Gasteiger charge is -2.32. The zero-order valence-corrected chi connectivity index (χ0v) is 17.7. The predicted octanol–water partition coefficient (Wildman–Crippen LogP) is 1.90. The zero-order valence-electron chi connectivity index (χ0n) is 17.7. The van der Waals surface area contributed by atoms with Crippen LogP contribution in [-0.4, -0.2) is 74.1 Å². The third-order valence-electron chi connectivity index (χ3n) is 5.19. The van der Waals surface area contributed by atoms with Gasteiger partial charge in [-0.05, 0) is 25.7 Å². The van der Waals surface area contributed by atoms with Crippen molar-refractivity contribution in [1.82, 2.24) is 20.0 Å². The first-order chi connectivity index (χ1) is 15.5. The summed E-state index contributed by atoms with van der Waals surface area (Å²) in [4.78, 5) is 46.2. The normalized spacial score (nSPS) is 18.8. The van der Waals surface area contributed by atoms with Crippen LogP contribution in [0.15, 0.2) is 12.3 Å².